The zero-order valence-electron chi connectivity index (χ0n) is 18.0. The second-order valence-electron chi connectivity index (χ2n) is 7.83. The maximum Gasteiger partial charge on any atom is 0.242 e. The number of hydrogen-bond donors (Lipinski definition) is 0. The lowest BCUT2D eigenvalue weighted by atomic mass is 10.1. The Hall–Kier alpha value is -2.60. The Bertz CT molecular complexity index is 812. The number of ether oxygens (including phenoxy) is 1. The fraction of sp³-hybridized carbons (Fsp3) is 0.500. The van der Waals surface area contributed by atoms with Gasteiger partial charge in [0.15, 0.2) is 0 Å². The molecule has 2 amide bonds. The second-order valence-corrected chi connectivity index (χ2v) is 7.83. The molecule has 1 saturated heterocycles. The van der Waals surface area contributed by atoms with Crippen molar-refractivity contribution in [2.75, 3.05) is 26.2 Å². The fourth-order valence-electron chi connectivity index (χ4n) is 3.73. The van der Waals surface area contributed by atoms with Crippen LogP contribution in [0.5, 0.6) is 0 Å². The molecule has 0 N–H and O–H groups in total. The third-order valence-electron chi connectivity index (χ3n) is 5.44. The van der Waals surface area contributed by atoms with Gasteiger partial charge in [0.05, 0.1) is 19.2 Å². The highest BCUT2D eigenvalue weighted by Crippen LogP contribution is 2.15. The van der Waals surface area contributed by atoms with E-state index in [2.05, 4.69) is 12.1 Å². The molecule has 2 aromatic rings. The average molecular weight is 413 g/mol. The minimum atomic E-state index is -0.0696. The molecule has 1 atom stereocenters. The van der Waals surface area contributed by atoms with Crippen LogP contribution in [0.1, 0.15) is 43.3 Å². The standard InChI is InChI=1S/C24H32N2O4/c1-3-23(27)26(16-21-10-7-15-29-21)18-24(28)25(17-22-12-11-19(2)30-22)14-13-20-8-5-4-6-9-20/h4-6,8-9,11-12,21H,3,7,10,13-18H2,1-2H3/t21-/m0/s1. The van der Waals surface area contributed by atoms with E-state index in [1.807, 2.05) is 44.2 Å². The van der Waals surface area contributed by atoms with Gasteiger partial charge in [-0.15, -0.1) is 0 Å². The van der Waals surface area contributed by atoms with Crippen molar-refractivity contribution in [2.45, 2.75) is 52.2 Å². The van der Waals surface area contributed by atoms with Crippen molar-refractivity contribution in [3.8, 4) is 0 Å². The van der Waals surface area contributed by atoms with Gasteiger partial charge >= 0.3 is 0 Å². The molecule has 6 nitrogen and oxygen atoms in total. The number of nitrogens with zero attached hydrogens (tertiary/aromatic N) is 2. The Morgan fingerprint density at radius 3 is 2.50 bits per heavy atom. The summed E-state index contributed by atoms with van der Waals surface area (Å²) in [6, 6.07) is 13.9. The summed E-state index contributed by atoms with van der Waals surface area (Å²) in [6.07, 6.45) is 3.10. The van der Waals surface area contributed by atoms with Gasteiger partial charge in [0.25, 0.3) is 0 Å². The molecule has 0 bridgehead atoms. The molecule has 1 aromatic heterocycles. The number of furan rings is 1. The molecule has 30 heavy (non-hydrogen) atoms. The molecular formula is C24H32N2O4. The van der Waals surface area contributed by atoms with Crippen molar-refractivity contribution >= 4 is 11.8 Å². The Morgan fingerprint density at radius 2 is 1.87 bits per heavy atom. The van der Waals surface area contributed by atoms with Crippen LogP contribution in [-0.4, -0.2) is 54.0 Å². The highest BCUT2D eigenvalue weighted by Gasteiger charge is 2.26. The third kappa shape index (κ3) is 6.46. The largest absolute Gasteiger partial charge is 0.464 e. The van der Waals surface area contributed by atoms with Crippen molar-refractivity contribution in [1.29, 1.82) is 0 Å². The molecule has 2 heterocycles. The van der Waals surface area contributed by atoms with Gasteiger partial charge in [-0.2, -0.15) is 0 Å². The summed E-state index contributed by atoms with van der Waals surface area (Å²) in [5.41, 5.74) is 1.17. The molecule has 0 unspecified atom stereocenters. The second kappa shape index (κ2) is 11.0. The van der Waals surface area contributed by atoms with Crippen LogP contribution in [0, 0.1) is 6.92 Å². The van der Waals surface area contributed by atoms with E-state index < -0.39 is 0 Å². The van der Waals surface area contributed by atoms with E-state index in [1.54, 1.807) is 9.80 Å². The number of aryl methyl sites for hydroxylation is 1. The lowest BCUT2D eigenvalue weighted by Crippen LogP contribution is -2.45. The monoisotopic (exact) mass is 412 g/mol. The molecule has 0 aliphatic carbocycles. The van der Waals surface area contributed by atoms with Crippen molar-refractivity contribution in [3.05, 3.63) is 59.5 Å². The quantitative estimate of drug-likeness (QED) is 0.598. The lowest BCUT2D eigenvalue weighted by molar-refractivity contribution is -0.142. The molecule has 1 aliphatic rings. The Balaban J connectivity index is 1.68. The normalized spacial score (nSPS) is 15.9. The van der Waals surface area contributed by atoms with E-state index in [1.165, 1.54) is 5.56 Å². The van der Waals surface area contributed by atoms with E-state index in [0.717, 1.165) is 37.4 Å². The zero-order chi connectivity index (χ0) is 21.3. The topological polar surface area (TPSA) is 63.0 Å². The first-order chi connectivity index (χ1) is 14.5. The fourth-order valence-corrected chi connectivity index (χ4v) is 3.73. The number of amides is 2. The molecule has 6 heteroatoms. The van der Waals surface area contributed by atoms with Crippen LogP contribution < -0.4 is 0 Å². The minimum Gasteiger partial charge on any atom is -0.464 e. The van der Waals surface area contributed by atoms with Gasteiger partial charge in [-0.25, -0.2) is 0 Å². The van der Waals surface area contributed by atoms with Crippen LogP contribution in [0.4, 0.5) is 0 Å². The first-order valence-electron chi connectivity index (χ1n) is 10.8. The molecule has 162 valence electrons. The number of benzene rings is 1. The first-order valence-corrected chi connectivity index (χ1v) is 10.8. The van der Waals surface area contributed by atoms with Crippen LogP contribution in [-0.2, 0) is 27.3 Å². The summed E-state index contributed by atoms with van der Waals surface area (Å²) < 4.78 is 11.4. The number of rotatable bonds is 10. The van der Waals surface area contributed by atoms with Crippen LogP contribution in [0.25, 0.3) is 0 Å². The molecule has 0 radical (unpaired) electrons. The van der Waals surface area contributed by atoms with Gasteiger partial charge in [0.1, 0.15) is 11.5 Å². The van der Waals surface area contributed by atoms with E-state index in [4.69, 9.17) is 9.15 Å². The smallest absolute Gasteiger partial charge is 0.242 e. The van der Waals surface area contributed by atoms with E-state index in [0.29, 0.717) is 26.1 Å². The summed E-state index contributed by atoms with van der Waals surface area (Å²) in [7, 11) is 0. The summed E-state index contributed by atoms with van der Waals surface area (Å²) in [5.74, 6) is 1.48. The zero-order valence-corrected chi connectivity index (χ0v) is 18.0. The Labute approximate surface area is 178 Å². The van der Waals surface area contributed by atoms with E-state index in [9.17, 15) is 9.59 Å². The van der Waals surface area contributed by atoms with Gasteiger partial charge in [-0.1, -0.05) is 37.3 Å². The SMILES string of the molecule is CCC(=O)N(CC(=O)N(CCc1ccccc1)Cc1ccc(C)o1)C[C@@H]1CCCO1. The number of carbonyl (C=O) groups excluding carboxylic acids is 2. The van der Waals surface area contributed by atoms with Crippen molar-refractivity contribution in [1.82, 2.24) is 9.80 Å². The highest BCUT2D eigenvalue weighted by atomic mass is 16.5. The molecule has 1 aromatic carbocycles. The van der Waals surface area contributed by atoms with Crippen LogP contribution in [0.3, 0.4) is 0 Å². The molecule has 0 saturated carbocycles. The lowest BCUT2D eigenvalue weighted by Gasteiger charge is -2.28. The van der Waals surface area contributed by atoms with Crippen molar-refractivity contribution in [3.63, 3.8) is 0 Å². The maximum absolute atomic E-state index is 13.2. The molecule has 0 spiro atoms. The summed E-state index contributed by atoms with van der Waals surface area (Å²) in [5, 5.41) is 0. The third-order valence-corrected chi connectivity index (χ3v) is 5.44. The van der Waals surface area contributed by atoms with Gasteiger partial charge < -0.3 is 19.0 Å². The van der Waals surface area contributed by atoms with Gasteiger partial charge in [-0.3, -0.25) is 9.59 Å². The van der Waals surface area contributed by atoms with Crippen LogP contribution in [0.15, 0.2) is 46.9 Å². The highest BCUT2D eigenvalue weighted by molar-refractivity contribution is 5.84. The van der Waals surface area contributed by atoms with Crippen molar-refractivity contribution in [2.24, 2.45) is 0 Å². The summed E-state index contributed by atoms with van der Waals surface area (Å²) in [6.45, 7) is 5.96. The van der Waals surface area contributed by atoms with Gasteiger partial charge in [-0.05, 0) is 43.9 Å². The predicted molar refractivity (Wildman–Crippen MR) is 115 cm³/mol. The van der Waals surface area contributed by atoms with Gasteiger partial charge in [0.2, 0.25) is 11.8 Å². The number of hydrogen-bond acceptors (Lipinski definition) is 4. The van der Waals surface area contributed by atoms with E-state index in [-0.39, 0.29) is 24.5 Å². The van der Waals surface area contributed by atoms with Gasteiger partial charge in [0, 0.05) is 26.1 Å². The van der Waals surface area contributed by atoms with Crippen LogP contribution in [0.2, 0.25) is 0 Å². The summed E-state index contributed by atoms with van der Waals surface area (Å²) >= 11 is 0. The molecule has 1 fully saturated rings. The molecule has 1 aliphatic heterocycles. The number of carbonyl (C=O) groups is 2. The molecular weight excluding hydrogens is 380 g/mol. The maximum atomic E-state index is 13.2. The first kappa shape index (κ1) is 22.1. The minimum absolute atomic E-state index is 0.0179. The Morgan fingerprint density at radius 1 is 1.07 bits per heavy atom. The van der Waals surface area contributed by atoms with E-state index >= 15 is 0 Å². The van der Waals surface area contributed by atoms with Crippen LogP contribution >= 0.6 is 0 Å². The van der Waals surface area contributed by atoms with Crippen molar-refractivity contribution < 1.29 is 18.7 Å². The predicted octanol–water partition coefficient (Wildman–Crippen LogP) is 3.58. The average Bonchev–Trinajstić information content (AvgIpc) is 3.42. The molecule has 3 rings (SSSR count). The summed E-state index contributed by atoms with van der Waals surface area (Å²) in [4.78, 5) is 29.2. The Kier molecular flexibility index (Phi) is 8.08.